The molecule has 0 aliphatic carbocycles. The van der Waals surface area contributed by atoms with Crippen molar-refractivity contribution < 1.29 is 0 Å². The Balaban J connectivity index is 0.000000192. The van der Waals surface area contributed by atoms with Gasteiger partial charge in [0.05, 0.1) is 5.52 Å². The molecule has 0 aliphatic rings. The van der Waals surface area contributed by atoms with Crippen molar-refractivity contribution in [2.75, 3.05) is 0 Å². The molecule has 0 atom stereocenters. The molecule has 0 fully saturated rings. The average Bonchev–Trinajstić information content (AvgIpc) is 2.99. The van der Waals surface area contributed by atoms with Gasteiger partial charge in [-0.25, -0.2) is 4.98 Å². The molecule has 20 heavy (non-hydrogen) atoms. The molecule has 0 saturated carbocycles. The number of aromatic amines is 1. The van der Waals surface area contributed by atoms with Crippen molar-refractivity contribution >= 4 is 23.3 Å². The maximum Gasteiger partial charge on any atom is 0.105 e. The molecule has 2 aromatic heterocycles. The number of unbranched alkanes of at least 4 members (excludes halogenated alkanes) is 1. The number of rotatable bonds is 3. The number of para-hydroxylation sites is 1. The summed E-state index contributed by atoms with van der Waals surface area (Å²) in [5, 5.41) is 1.20. The first-order valence-electron chi connectivity index (χ1n) is 6.68. The van der Waals surface area contributed by atoms with E-state index in [4.69, 9.17) is 0 Å². The quantitative estimate of drug-likeness (QED) is 0.776. The molecule has 2 heterocycles. The highest BCUT2D eigenvalue weighted by molar-refractivity contribution is 5.85. The minimum atomic E-state index is 0. The molecule has 3 rings (SSSR count). The molecule has 4 heteroatoms. The highest BCUT2D eigenvalue weighted by atomic mass is 35.5. The molecule has 0 amide bonds. The summed E-state index contributed by atoms with van der Waals surface area (Å²) in [5.74, 6) is 1.11. The van der Waals surface area contributed by atoms with E-state index < -0.39 is 0 Å². The van der Waals surface area contributed by atoms with Crippen molar-refractivity contribution in [3.05, 3.63) is 60.8 Å². The lowest BCUT2D eigenvalue weighted by Gasteiger charge is -1.91. The fourth-order valence-electron chi connectivity index (χ4n) is 1.79. The number of hydrogen-bond acceptors (Lipinski definition) is 2. The van der Waals surface area contributed by atoms with Gasteiger partial charge in [0.15, 0.2) is 0 Å². The van der Waals surface area contributed by atoms with E-state index in [1.165, 1.54) is 18.2 Å². The van der Waals surface area contributed by atoms with Gasteiger partial charge >= 0.3 is 0 Å². The Hall–Kier alpha value is -1.87. The van der Waals surface area contributed by atoms with Crippen molar-refractivity contribution in [3.8, 4) is 0 Å². The first-order valence-corrected chi connectivity index (χ1v) is 6.68. The van der Waals surface area contributed by atoms with E-state index in [0.29, 0.717) is 0 Å². The van der Waals surface area contributed by atoms with Gasteiger partial charge in [-0.2, -0.15) is 0 Å². The molecule has 0 saturated heterocycles. The fourth-order valence-corrected chi connectivity index (χ4v) is 1.79. The van der Waals surface area contributed by atoms with Crippen molar-refractivity contribution in [2.24, 2.45) is 0 Å². The van der Waals surface area contributed by atoms with E-state index in [1.54, 1.807) is 6.20 Å². The Morgan fingerprint density at radius 2 is 1.80 bits per heavy atom. The number of benzene rings is 1. The maximum atomic E-state index is 4.18. The summed E-state index contributed by atoms with van der Waals surface area (Å²) in [5.41, 5.74) is 1.06. The van der Waals surface area contributed by atoms with Crippen molar-refractivity contribution in [3.63, 3.8) is 0 Å². The van der Waals surface area contributed by atoms with E-state index in [0.717, 1.165) is 17.8 Å². The second kappa shape index (κ2) is 9.10. The zero-order chi connectivity index (χ0) is 13.3. The largest absolute Gasteiger partial charge is 0.349 e. The van der Waals surface area contributed by atoms with Crippen LogP contribution in [0.5, 0.6) is 0 Å². The van der Waals surface area contributed by atoms with Crippen LogP contribution >= 0.6 is 12.4 Å². The highest BCUT2D eigenvalue weighted by Crippen LogP contribution is 2.07. The molecule has 1 aromatic carbocycles. The number of imidazole rings is 1. The van der Waals surface area contributed by atoms with Crippen LogP contribution < -0.4 is 0 Å². The van der Waals surface area contributed by atoms with Gasteiger partial charge in [-0.1, -0.05) is 37.6 Å². The van der Waals surface area contributed by atoms with Crippen LogP contribution in [0.2, 0.25) is 0 Å². The maximum absolute atomic E-state index is 4.18. The van der Waals surface area contributed by atoms with E-state index in [1.807, 2.05) is 36.7 Å². The van der Waals surface area contributed by atoms with Crippen molar-refractivity contribution in [2.45, 2.75) is 26.2 Å². The number of hydrogen-bond donors (Lipinski definition) is 1. The molecule has 0 bridgehead atoms. The van der Waals surface area contributed by atoms with E-state index in [9.17, 15) is 0 Å². The molecular weight excluding hydrogens is 270 g/mol. The number of H-pyrrole nitrogens is 1. The number of fused-ring (bicyclic) bond motifs is 1. The standard InChI is InChI=1S/C9H7N.C7H12N2.ClH/c1-2-6-9-8(4-1)5-3-7-10-9;1-2-3-4-7-8-5-6-9-7;/h1-7H;5-6H,2-4H2,1H3,(H,8,9);1H. The molecular formula is C16H20ClN3. The predicted molar refractivity (Wildman–Crippen MR) is 86.2 cm³/mol. The molecule has 0 aliphatic heterocycles. The van der Waals surface area contributed by atoms with Crippen molar-refractivity contribution in [1.29, 1.82) is 0 Å². The minimum Gasteiger partial charge on any atom is -0.349 e. The Morgan fingerprint density at radius 3 is 2.50 bits per heavy atom. The molecule has 3 nitrogen and oxygen atoms in total. The third-order valence-electron chi connectivity index (χ3n) is 2.83. The van der Waals surface area contributed by atoms with Gasteiger partial charge in [0.25, 0.3) is 0 Å². The predicted octanol–water partition coefficient (Wildman–Crippen LogP) is 4.41. The third-order valence-corrected chi connectivity index (χ3v) is 2.83. The Labute approximate surface area is 125 Å². The summed E-state index contributed by atoms with van der Waals surface area (Å²) in [6.45, 7) is 2.18. The number of aryl methyl sites for hydroxylation is 1. The topological polar surface area (TPSA) is 41.6 Å². The Bertz CT molecular complexity index is 528. The SMILES string of the molecule is CCCCc1ncc[nH]1.Cl.c1ccc2ncccc2c1. The smallest absolute Gasteiger partial charge is 0.105 e. The van der Waals surface area contributed by atoms with Crippen LogP contribution in [0.25, 0.3) is 10.9 Å². The number of aromatic nitrogens is 3. The number of pyridine rings is 1. The zero-order valence-electron chi connectivity index (χ0n) is 11.6. The Morgan fingerprint density at radius 1 is 1.00 bits per heavy atom. The Kier molecular flexibility index (Phi) is 7.36. The van der Waals surface area contributed by atoms with Gasteiger partial charge in [-0.15, -0.1) is 12.4 Å². The van der Waals surface area contributed by atoms with Crippen LogP contribution in [-0.2, 0) is 6.42 Å². The van der Waals surface area contributed by atoms with Crippen molar-refractivity contribution in [1.82, 2.24) is 15.0 Å². The lowest BCUT2D eigenvalue weighted by Crippen LogP contribution is -1.85. The summed E-state index contributed by atoms with van der Waals surface area (Å²) in [6, 6.07) is 12.1. The van der Waals surface area contributed by atoms with Gasteiger partial charge in [0.2, 0.25) is 0 Å². The summed E-state index contributed by atoms with van der Waals surface area (Å²) in [7, 11) is 0. The van der Waals surface area contributed by atoms with E-state index >= 15 is 0 Å². The summed E-state index contributed by atoms with van der Waals surface area (Å²) in [6.07, 6.45) is 9.02. The van der Waals surface area contributed by atoms with E-state index in [-0.39, 0.29) is 12.4 Å². The minimum absolute atomic E-state index is 0. The summed E-state index contributed by atoms with van der Waals surface area (Å²) < 4.78 is 0. The van der Waals surface area contributed by atoms with E-state index in [2.05, 4.69) is 34.0 Å². The molecule has 0 radical (unpaired) electrons. The molecule has 0 unspecified atom stereocenters. The number of nitrogens with zero attached hydrogens (tertiary/aromatic N) is 2. The van der Waals surface area contributed by atoms with Crippen LogP contribution in [0.1, 0.15) is 25.6 Å². The lowest BCUT2D eigenvalue weighted by molar-refractivity contribution is 0.762. The van der Waals surface area contributed by atoms with Gasteiger partial charge in [0, 0.05) is 30.4 Å². The zero-order valence-corrected chi connectivity index (χ0v) is 12.4. The van der Waals surface area contributed by atoms with Crippen LogP contribution in [0.3, 0.4) is 0 Å². The average molecular weight is 290 g/mol. The molecule has 3 aromatic rings. The molecule has 106 valence electrons. The summed E-state index contributed by atoms with van der Waals surface area (Å²) >= 11 is 0. The second-order valence-corrected chi connectivity index (χ2v) is 4.34. The summed E-state index contributed by atoms with van der Waals surface area (Å²) in [4.78, 5) is 11.3. The monoisotopic (exact) mass is 289 g/mol. The molecule has 1 N–H and O–H groups in total. The van der Waals surface area contributed by atoms with Gasteiger partial charge in [-0.05, 0) is 18.6 Å². The van der Waals surface area contributed by atoms with Crippen LogP contribution in [0, 0.1) is 0 Å². The lowest BCUT2D eigenvalue weighted by atomic mass is 10.2. The van der Waals surface area contributed by atoms with Gasteiger partial charge in [0.1, 0.15) is 5.82 Å². The highest BCUT2D eigenvalue weighted by Gasteiger charge is 1.90. The normalized spacial score (nSPS) is 9.45. The second-order valence-electron chi connectivity index (χ2n) is 4.34. The first kappa shape index (κ1) is 16.2. The number of nitrogens with one attached hydrogen (secondary N) is 1. The first-order chi connectivity index (χ1) is 9.40. The van der Waals surface area contributed by atoms with Crippen LogP contribution in [0.4, 0.5) is 0 Å². The van der Waals surface area contributed by atoms with Gasteiger partial charge < -0.3 is 4.98 Å². The van der Waals surface area contributed by atoms with Gasteiger partial charge in [-0.3, -0.25) is 4.98 Å². The fraction of sp³-hybridized carbons (Fsp3) is 0.250. The number of halogens is 1. The molecule has 0 spiro atoms. The third kappa shape index (κ3) is 5.02. The van der Waals surface area contributed by atoms with Crippen LogP contribution in [0.15, 0.2) is 55.0 Å². The van der Waals surface area contributed by atoms with Crippen LogP contribution in [-0.4, -0.2) is 15.0 Å².